The molecule has 0 saturated carbocycles. The predicted octanol–water partition coefficient (Wildman–Crippen LogP) is 2.23. The van der Waals surface area contributed by atoms with Gasteiger partial charge in [-0.15, -0.1) is 0 Å². The lowest BCUT2D eigenvalue weighted by Crippen LogP contribution is -2.10. The molecule has 1 heterocycles. The largest absolute Gasteiger partial charge is 0.280 e. The smallest absolute Gasteiger partial charge is 0.233 e. The van der Waals surface area contributed by atoms with E-state index in [1.807, 2.05) is 18.2 Å². The Morgan fingerprint density at radius 3 is 1.57 bits per heavy atom. The summed E-state index contributed by atoms with van der Waals surface area (Å²) >= 11 is 9.76. The standard InChI is InChI=1S/C5H5N.C4H4Cl2O2/c1-2-4-6-5-3-1;1-2(3(5)7)4(6)8/h1-5H;2H,1H3. The van der Waals surface area contributed by atoms with E-state index in [2.05, 4.69) is 4.98 Å². The lowest BCUT2D eigenvalue weighted by atomic mass is 10.2. The lowest BCUT2D eigenvalue weighted by Gasteiger charge is -1.93. The fourth-order valence-corrected chi connectivity index (χ4v) is 0.656. The van der Waals surface area contributed by atoms with Crippen molar-refractivity contribution in [1.82, 2.24) is 4.98 Å². The molecule has 1 rings (SSSR count). The molecule has 0 aromatic carbocycles. The number of pyridine rings is 1. The average molecular weight is 234 g/mol. The van der Waals surface area contributed by atoms with Crippen LogP contribution in [0.1, 0.15) is 6.92 Å². The molecule has 0 aliphatic heterocycles. The molecule has 0 N–H and O–H groups in total. The highest BCUT2D eigenvalue weighted by molar-refractivity contribution is 6.73. The highest BCUT2D eigenvalue weighted by Gasteiger charge is 2.15. The van der Waals surface area contributed by atoms with Gasteiger partial charge < -0.3 is 0 Å². The van der Waals surface area contributed by atoms with Crippen LogP contribution in [0.3, 0.4) is 0 Å². The molecule has 0 unspecified atom stereocenters. The minimum absolute atomic E-state index is 0.718. The second kappa shape index (κ2) is 7.47. The van der Waals surface area contributed by atoms with E-state index in [4.69, 9.17) is 23.2 Å². The van der Waals surface area contributed by atoms with Crippen LogP contribution in [0.2, 0.25) is 0 Å². The van der Waals surface area contributed by atoms with Crippen LogP contribution in [0.5, 0.6) is 0 Å². The molecule has 0 saturated heterocycles. The van der Waals surface area contributed by atoms with Crippen LogP contribution in [0.25, 0.3) is 0 Å². The first-order chi connectivity index (χ1) is 6.55. The molecular formula is C9H9Cl2NO2. The molecule has 76 valence electrons. The molecule has 0 atom stereocenters. The number of hydrogen-bond acceptors (Lipinski definition) is 3. The van der Waals surface area contributed by atoms with Gasteiger partial charge in [-0.1, -0.05) is 6.07 Å². The molecule has 0 radical (unpaired) electrons. The van der Waals surface area contributed by atoms with Crippen molar-refractivity contribution in [2.75, 3.05) is 0 Å². The van der Waals surface area contributed by atoms with Gasteiger partial charge >= 0.3 is 0 Å². The monoisotopic (exact) mass is 233 g/mol. The number of hydrogen-bond donors (Lipinski definition) is 0. The zero-order valence-corrected chi connectivity index (χ0v) is 9.00. The Morgan fingerprint density at radius 1 is 1.07 bits per heavy atom. The first-order valence-corrected chi connectivity index (χ1v) is 4.55. The van der Waals surface area contributed by atoms with Gasteiger partial charge in [0.15, 0.2) is 0 Å². The molecule has 0 bridgehead atoms. The van der Waals surface area contributed by atoms with Crippen molar-refractivity contribution in [3.8, 4) is 0 Å². The summed E-state index contributed by atoms with van der Waals surface area (Å²) < 4.78 is 0. The zero-order valence-electron chi connectivity index (χ0n) is 7.48. The van der Waals surface area contributed by atoms with Crippen molar-refractivity contribution in [1.29, 1.82) is 0 Å². The maximum atomic E-state index is 10.0. The van der Waals surface area contributed by atoms with Crippen LogP contribution in [-0.4, -0.2) is 15.5 Å². The molecule has 14 heavy (non-hydrogen) atoms. The van der Waals surface area contributed by atoms with Crippen LogP contribution < -0.4 is 0 Å². The summed E-state index contributed by atoms with van der Waals surface area (Å²) in [6.45, 7) is 1.35. The number of carbonyl (C=O) groups excluding carboxylic acids is 2. The van der Waals surface area contributed by atoms with E-state index >= 15 is 0 Å². The Labute approximate surface area is 92.0 Å². The normalized spacial score (nSPS) is 8.86. The van der Waals surface area contributed by atoms with Gasteiger partial charge in [0.05, 0.1) is 0 Å². The summed E-state index contributed by atoms with van der Waals surface area (Å²) in [5.74, 6) is -0.877. The molecule has 1 aromatic rings. The summed E-state index contributed by atoms with van der Waals surface area (Å²) in [5.41, 5.74) is 0. The Balaban J connectivity index is 0.000000249. The van der Waals surface area contributed by atoms with Gasteiger partial charge in [0.2, 0.25) is 10.5 Å². The van der Waals surface area contributed by atoms with Gasteiger partial charge in [0, 0.05) is 12.4 Å². The van der Waals surface area contributed by atoms with Crippen molar-refractivity contribution in [3.63, 3.8) is 0 Å². The summed E-state index contributed by atoms with van der Waals surface area (Å²) in [4.78, 5) is 23.9. The third-order valence-corrected chi connectivity index (χ3v) is 1.90. The van der Waals surface area contributed by atoms with Gasteiger partial charge in [0.25, 0.3) is 0 Å². The number of carbonyl (C=O) groups is 2. The highest BCUT2D eigenvalue weighted by Crippen LogP contribution is 2.03. The predicted molar refractivity (Wildman–Crippen MR) is 55.1 cm³/mol. The Morgan fingerprint density at radius 2 is 1.50 bits per heavy atom. The SMILES string of the molecule is CC(C(=O)Cl)C(=O)Cl.c1ccncc1. The third kappa shape index (κ3) is 6.57. The van der Waals surface area contributed by atoms with Crippen molar-refractivity contribution in [2.45, 2.75) is 6.92 Å². The summed E-state index contributed by atoms with van der Waals surface area (Å²) in [7, 11) is 0. The molecule has 3 nitrogen and oxygen atoms in total. The van der Waals surface area contributed by atoms with Crippen molar-refractivity contribution < 1.29 is 9.59 Å². The topological polar surface area (TPSA) is 47.0 Å². The fraction of sp³-hybridized carbons (Fsp3) is 0.222. The van der Waals surface area contributed by atoms with E-state index in [-0.39, 0.29) is 0 Å². The molecule has 0 amide bonds. The molecule has 0 aliphatic carbocycles. The second-order valence-electron chi connectivity index (χ2n) is 2.35. The summed E-state index contributed by atoms with van der Waals surface area (Å²) in [6, 6.07) is 5.72. The lowest BCUT2D eigenvalue weighted by molar-refractivity contribution is -0.123. The molecule has 5 heteroatoms. The first kappa shape index (κ1) is 13.1. The van der Waals surface area contributed by atoms with E-state index in [1.165, 1.54) is 6.92 Å². The summed E-state index contributed by atoms with van der Waals surface area (Å²) in [5, 5.41) is -1.44. The van der Waals surface area contributed by atoms with Crippen LogP contribution >= 0.6 is 23.2 Å². The van der Waals surface area contributed by atoms with Gasteiger partial charge in [-0.2, -0.15) is 0 Å². The molecular weight excluding hydrogens is 225 g/mol. The Bertz CT molecular complexity index is 249. The molecule has 1 aromatic heterocycles. The summed E-state index contributed by atoms with van der Waals surface area (Å²) in [6.07, 6.45) is 3.50. The minimum Gasteiger partial charge on any atom is -0.280 e. The average Bonchev–Trinajstić information content (AvgIpc) is 2.20. The first-order valence-electron chi connectivity index (χ1n) is 3.79. The van der Waals surface area contributed by atoms with Crippen LogP contribution in [-0.2, 0) is 9.59 Å². The van der Waals surface area contributed by atoms with E-state index in [9.17, 15) is 9.59 Å². The van der Waals surface area contributed by atoms with Gasteiger partial charge in [-0.05, 0) is 42.3 Å². The Kier molecular flexibility index (Phi) is 6.98. The molecule has 0 fully saturated rings. The fourth-order valence-electron chi connectivity index (χ4n) is 0.402. The van der Waals surface area contributed by atoms with E-state index in [0.717, 1.165) is 0 Å². The molecule has 0 spiro atoms. The van der Waals surface area contributed by atoms with Crippen LogP contribution in [0, 0.1) is 5.92 Å². The molecule has 0 aliphatic rings. The number of halogens is 2. The van der Waals surface area contributed by atoms with Gasteiger partial charge in [-0.3, -0.25) is 14.6 Å². The van der Waals surface area contributed by atoms with Crippen molar-refractivity contribution >= 4 is 33.7 Å². The Hall–Kier alpha value is -0.930. The second-order valence-corrected chi connectivity index (χ2v) is 3.10. The van der Waals surface area contributed by atoms with Gasteiger partial charge in [-0.25, -0.2) is 0 Å². The highest BCUT2D eigenvalue weighted by atomic mass is 35.5. The van der Waals surface area contributed by atoms with Crippen LogP contribution in [0.4, 0.5) is 0 Å². The van der Waals surface area contributed by atoms with E-state index in [0.29, 0.717) is 0 Å². The maximum Gasteiger partial charge on any atom is 0.233 e. The zero-order chi connectivity index (χ0) is 11.0. The third-order valence-electron chi connectivity index (χ3n) is 1.25. The number of rotatable bonds is 2. The van der Waals surface area contributed by atoms with Crippen molar-refractivity contribution in [2.24, 2.45) is 5.92 Å². The van der Waals surface area contributed by atoms with Crippen LogP contribution in [0.15, 0.2) is 30.6 Å². The maximum absolute atomic E-state index is 10.0. The minimum atomic E-state index is -0.877. The number of aromatic nitrogens is 1. The van der Waals surface area contributed by atoms with Gasteiger partial charge in [0.1, 0.15) is 5.92 Å². The van der Waals surface area contributed by atoms with E-state index in [1.54, 1.807) is 12.4 Å². The van der Waals surface area contributed by atoms with E-state index < -0.39 is 16.4 Å². The van der Waals surface area contributed by atoms with Crippen molar-refractivity contribution in [3.05, 3.63) is 30.6 Å². The number of nitrogens with zero attached hydrogens (tertiary/aromatic N) is 1. The quantitative estimate of drug-likeness (QED) is 0.582.